The first kappa shape index (κ1) is 23.8. The van der Waals surface area contributed by atoms with Crippen LogP contribution >= 0.6 is 23.4 Å². The second-order valence-electron chi connectivity index (χ2n) is 7.15. The van der Waals surface area contributed by atoms with Crippen molar-refractivity contribution < 1.29 is 9.59 Å². The molecule has 0 aliphatic rings. The van der Waals surface area contributed by atoms with Crippen LogP contribution < -0.4 is 10.6 Å². The fraction of sp³-hybridized carbons (Fsp3) is 0.304. The van der Waals surface area contributed by atoms with E-state index in [9.17, 15) is 9.59 Å². The van der Waals surface area contributed by atoms with Gasteiger partial charge in [-0.2, -0.15) is 0 Å². The Balaban J connectivity index is 1.62. The number of hydrogen-bond donors (Lipinski definition) is 2. The second kappa shape index (κ2) is 11.2. The average molecular weight is 472 g/mol. The van der Waals surface area contributed by atoms with E-state index in [4.69, 9.17) is 11.6 Å². The number of nitrogens with one attached hydrogen (secondary N) is 2. The monoisotopic (exact) mass is 471 g/mol. The summed E-state index contributed by atoms with van der Waals surface area (Å²) < 4.78 is 1.84. The van der Waals surface area contributed by atoms with E-state index >= 15 is 0 Å². The van der Waals surface area contributed by atoms with Gasteiger partial charge in [0.25, 0.3) is 0 Å². The number of amides is 2. The number of benzene rings is 2. The van der Waals surface area contributed by atoms with Gasteiger partial charge < -0.3 is 15.2 Å². The van der Waals surface area contributed by atoms with Crippen LogP contribution in [0, 0.1) is 6.92 Å². The molecule has 0 saturated heterocycles. The van der Waals surface area contributed by atoms with Crippen molar-refractivity contribution in [3.63, 3.8) is 0 Å². The summed E-state index contributed by atoms with van der Waals surface area (Å²) >= 11 is 7.40. The summed E-state index contributed by atoms with van der Waals surface area (Å²) in [5.41, 5.74) is 3.56. The molecule has 1 aromatic heterocycles. The van der Waals surface area contributed by atoms with Crippen LogP contribution in [0.25, 0.3) is 0 Å². The van der Waals surface area contributed by atoms with Gasteiger partial charge in [0.05, 0.1) is 22.9 Å². The first-order valence-corrected chi connectivity index (χ1v) is 11.8. The average Bonchev–Trinajstić information content (AvgIpc) is 3.16. The number of carbonyl (C=O) groups is 2. The molecule has 7 nitrogen and oxygen atoms in total. The Morgan fingerprint density at radius 3 is 2.53 bits per heavy atom. The van der Waals surface area contributed by atoms with E-state index in [0.29, 0.717) is 28.2 Å². The normalized spacial score (nSPS) is 10.8. The molecule has 0 saturated carbocycles. The molecule has 0 aliphatic heterocycles. The highest BCUT2D eigenvalue weighted by molar-refractivity contribution is 7.99. The molecule has 0 spiro atoms. The first-order chi connectivity index (χ1) is 15.4. The Labute approximate surface area is 197 Å². The predicted molar refractivity (Wildman–Crippen MR) is 129 cm³/mol. The maximum atomic E-state index is 12.6. The summed E-state index contributed by atoms with van der Waals surface area (Å²) in [4.78, 5) is 25.0. The van der Waals surface area contributed by atoms with Crippen molar-refractivity contribution in [1.82, 2.24) is 14.8 Å². The molecule has 2 aromatic carbocycles. The highest BCUT2D eigenvalue weighted by atomic mass is 35.5. The quantitative estimate of drug-likeness (QED) is 0.440. The molecule has 0 radical (unpaired) electrons. The summed E-state index contributed by atoms with van der Waals surface area (Å²) in [5, 5.41) is 15.2. The fourth-order valence-corrected chi connectivity index (χ4v) is 4.29. The number of nitrogens with zero attached hydrogens (tertiary/aromatic N) is 3. The molecule has 0 bridgehead atoms. The summed E-state index contributed by atoms with van der Waals surface area (Å²) in [7, 11) is 0. The lowest BCUT2D eigenvalue weighted by atomic mass is 10.1. The Hall–Kier alpha value is -2.84. The molecule has 2 N–H and O–H groups in total. The number of carbonyl (C=O) groups excluding carboxylic acids is 2. The lowest BCUT2D eigenvalue weighted by Gasteiger charge is -2.13. The molecule has 1 heterocycles. The van der Waals surface area contributed by atoms with Crippen LogP contribution in [-0.4, -0.2) is 32.3 Å². The SMILES string of the molecule is CCc1cccc(C)c1NC(=O)CSc1nnc(CC(=O)Nc2ccccc2Cl)n1CC. The van der Waals surface area contributed by atoms with E-state index in [1.165, 1.54) is 11.8 Å². The lowest BCUT2D eigenvalue weighted by molar-refractivity contribution is -0.116. The van der Waals surface area contributed by atoms with E-state index in [1.807, 2.05) is 36.6 Å². The lowest BCUT2D eigenvalue weighted by Crippen LogP contribution is -2.18. The van der Waals surface area contributed by atoms with E-state index in [1.54, 1.807) is 24.3 Å². The first-order valence-electron chi connectivity index (χ1n) is 10.4. The number of aromatic nitrogens is 3. The van der Waals surface area contributed by atoms with E-state index in [2.05, 4.69) is 27.8 Å². The maximum absolute atomic E-state index is 12.6. The highest BCUT2D eigenvalue weighted by Crippen LogP contribution is 2.23. The van der Waals surface area contributed by atoms with E-state index in [0.717, 1.165) is 23.2 Å². The van der Waals surface area contributed by atoms with Gasteiger partial charge in [-0.25, -0.2) is 0 Å². The molecule has 0 aliphatic carbocycles. The zero-order chi connectivity index (χ0) is 23.1. The van der Waals surface area contributed by atoms with Crippen LogP contribution in [0.4, 0.5) is 11.4 Å². The van der Waals surface area contributed by atoms with Gasteiger partial charge in [0.15, 0.2) is 5.16 Å². The number of rotatable bonds is 9. The molecule has 0 atom stereocenters. The number of thioether (sulfide) groups is 1. The third-order valence-electron chi connectivity index (χ3n) is 4.91. The molecule has 2 amide bonds. The van der Waals surface area contributed by atoms with E-state index in [-0.39, 0.29) is 24.0 Å². The molecule has 168 valence electrons. The molecule has 0 fully saturated rings. The fourth-order valence-electron chi connectivity index (χ4n) is 3.28. The zero-order valence-corrected chi connectivity index (χ0v) is 19.9. The number of halogens is 1. The van der Waals surface area contributed by atoms with Crippen molar-refractivity contribution >= 4 is 46.6 Å². The molecule has 9 heteroatoms. The third-order valence-corrected chi connectivity index (χ3v) is 6.21. The third kappa shape index (κ3) is 5.89. The van der Waals surface area contributed by atoms with Gasteiger partial charge in [0, 0.05) is 12.2 Å². The Morgan fingerprint density at radius 1 is 1.03 bits per heavy atom. The Bertz CT molecular complexity index is 1120. The summed E-state index contributed by atoms with van der Waals surface area (Å²) in [5.74, 6) is 0.387. The predicted octanol–water partition coefficient (Wildman–Crippen LogP) is 4.73. The summed E-state index contributed by atoms with van der Waals surface area (Å²) in [6.07, 6.45) is 0.899. The maximum Gasteiger partial charge on any atom is 0.234 e. The van der Waals surface area contributed by atoms with Gasteiger partial charge in [-0.05, 0) is 43.5 Å². The number of anilines is 2. The summed E-state index contributed by atoms with van der Waals surface area (Å²) in [6.45, 7) is 6.58. The van der Waals surface area contributed by atoms with Gasteiger partial charge in [-0.1, -0.05) is 60.6 Å². The van der Waals surface area contributed by atoms with Crippen LogP contribution in [0.2, 0.25) is 5.02 Å². The minimum Gasteiger partial charge on any atom is -0.325 e. The minimum absolute atomic E-state index is 0.0574. The number of para-hydroxylation sites is 2. The Kier molecular flexibility index (Phi) is 8.30. The van der Waals surface area contributed by atoms with Crippen molar-refractivity contribution in [3.8, 4) is 0 Å². The number of aryl methyl sites for hydroxylation is 2. The van der Waals surface area contributed by atoms with Crippen molar-refractivity contribution in [2.24, 2.45) is 0 Å². The molecule has 3 rings (SSSR count). The van der Waals surface area contributed by atoms with Gasteiger partial charge in [0.2, 0.25) is 11.8 Å². The van der Waals surface area contributed by atoms with Crippen molar-refractivity contribution in [3.05, 3.63) is 64.4 Å². The molecular formula is C23H26ClN5O2S. The summed E-state index contributed by atoms with van der Waals surface area (Å²) in [6, 6.07) is 13.0. The highest BCUT2D eigenvalue weighted by Gasteiger charge is 2.17. The van der Waals surface area contributed by atoms with Crippen LogP contribution in [0.5, 0.6) is 0 Å². The van der Waals surface area contributed by atoms with E-state index < -0.39 is 0 Å². The Morgan fingerprint density at radius 2 is 1.81 bits per heavy atom. The molecule has 32 heavy (non-hydrogen) atoms. The van der Waals surface area contributed by atoms with Crippen LogP contribution in [0.15, 0.2) is 47.6 Å². The molecular weight excluding hydrogens is 446 g/mol. The van der Waals surface area contributed by atoms with Crippen LogP contribution in [-0.2, 0) is 29.0 Å². The van der Waals surface area contributed by atoms with Crippen molar-refractivity contribution in [2.75, 3.05) is 16.4 Å². The van der Waals surface area contributed by atoms with Crippen molar-refractivity contribution in [2.45, 2.75) is 45.3 Å². The zero-order valence-electron chi connectivity index (χ0n) is 18.3. The topological polar surface area (TPSA) is 88.9 Å². The van der Waals surface area contributed by atoms with Gasteiger partial charge in [0.1, 0.15) is 5.82 Å². The van der Waals surface area contributed by atoms with Gasteiger partial charge >= 0.3 is 0 Å². The van der Waals surface area contributed by atoms with Gasteiger partial charge in [-0.15, -0.1) is 10.2 Å². The molecule has 3 aromatic rings. The number of hydrogen-bond acceptors (Lipinski definition) is 5. The smallest absolute Gasteiger partial charge is 0.234 e. The molecule has 0 unspecified atom stereocenters. The minimum atomic E-state index is -0.235. The van der Waals surface area contributed by atoms with Crippen LogP contribution in [0.1, 0.15) is 30.8 Å². The van der Waals surface area contributed by atoms with Gasteiger partial charge in [-0.3, -0.25) is 9.59 Å². The van der Waals surface area contributed by atoms with Crippen LogP contribution in [0.3, 0.4) is 0 Å². The van der Waals surface area contributed by atoms with Crippen molar-refractivity contribution in [1.29, 1.82) is 0 Å². The largest absolute Gasteiger partial charge is 0.325 e. The standard InChI is InChI=1S/C23H26ClN5O2S/c1-4-16-10-8-9-15(3)22(16)26-21(31)14-32-23-28-27-19(29(23)5-2)13-20(30)25-18-12-7-6-11-17(18)24/h6-12H,4-5,13-14H2,1-3H3,(H,25,30)(H,26,31). The second-order valence-corrected chi connectivity index (χ2v) is 8.50.